The first kappa shape index (κ1) is 18.1. The number of rotatable bonds is 4. The number of likely N-dealkylation sites (tertiary alicyclic amines) is 1. The smallest absolute Gasteiger partial charge is 0.409 e. The van der Waals surface area contributed by atoms with Crippen LogP contribution in [0.1, 0.15) is 24.6 Å². The molecule has 0 unspecified atom stereocenters. The van der Waals surface area contributed by atoms with Crippen LogP contribution in [-0.4, -0.2) is 49.7 Å². The van der Waals surface area contributed by atoms with Crippen molar-refractivity contribution in [3.8, 4) is 0 Å². The molecule has 6 nitrogen and oxygen atoms in total. The van der Waals surface area contributed by atoms with Gasteiger partial charge in [0, 0.05) is 40.9 Å². The van der Waals surface area contributed by atoms with Crippen molar-refractivity contribution in [1.82, 2.24) is 15.5 Å². The van der Waals surface area contributed by atoms with Crippen molar-refractivity contribution < 1.29 is 9.53 Å². The topological polar surface area (TPSA) is 66.0 Å². The number of ether oxygens (including phenoxy) is 1. The maximum Gasteiger partial charge on any atom is 0.409 e. The molecule has 2 N–H and O–H groups in total. The first-order chi connectivity index (χ1) is 11.1. The van der Waals surface area contributed by atoms with Crippen molar-refractivity contribution in [1.29, 1.82) is 0 Å². The van der Waals surface area contributed by atoms with Crippen molar-refractivity contribution in [2.75, 3.05) is 26.7 Å². The SMILES string of the molecule is CCOC(=O)N1CCC(NC(=NC)NCc2cc(Br)cs2)CC1. The Kier molecular flexibility index (Phi) is 7.16. The van der Waals surface area contributed by atoms with Crippen LogP contribution in [0.3, 0.4) is 0 Å². The van der Waals surface area contributed by atoms with Gasteiger partial charge in [-0.25, -0.2) is 4.79 Å². The highest BCUT2D eigenvalue weighted by Gasteiger charge is 2.23. The van der Waals surface area contributed by atoms with E-state index in [1.807, 2.05) is 6.92 Å². The molecular weight excluding hydrogens is 380 g/mol. The molecule has 8 heteroatoms. The van der Waals surface area contributed by atoms with Gasteiger partial charge in [-0.1, -0.05) is 0 Å². The summed E-state index contributed by atoms with van der Waals surface area (Å²) in [6.45, 7) is 4.43. The summed E-state index contributed by atoms with van der Waals surface area (Å²) in [7, 11) is 1.77. The number of hydrogen-bond donors (Lipinski definition) is 2. The molecule has 1 aromatic heterocycles. The Morgan fingerprint density at radius 2 is 2.26 bits per heavy atom. The predicted molar refractivity (Wildman–Crippen MR) is 97.0 cm³/mol. The lowest BCUT2D eigenvalue weighted by Crippen LogP contribution is -2.49. The average Bonchev–Trinajstić information content (AvgIpc) is 2.97. The molecule has 1 saturated heterocycles. The highest BCUT2D eigenvalue weighted by molar-refractivity contribution is 9.10. The standard InChI is InChI=1S/C15H23BrN4O2S/c1-3-22-15(21)20-6-4-12(5-7-20)19-14(17-2)18-9-13-8-11(16)10-23-13/h8,10,12H,3-7,9H2,1-2H3,(H2,17,18,19). The van der Waals surface area contributed by atoms with Gasteiger partial charge < -0.3 is 20.3 Å². The van der Waals surface area contributed by atoms with Crippen LogP contribution in [0.15, 0.2) is 20.9 Å². The zero-order valence-corrected chi connectivity index (χ0v) is 15.9. The molecule has 128 valence electrons. The van der Waals surface area contributed by atoms with Gasteiger partial charge in [0.1, 0.15) is 0 Å². The predicted octanol–water partition coefficient (Wildman–Crippen LogP) is 2.80. The molecule has 0 radical (unpaired) electrons. The van der Waals surface area contributed by atoms with E-state index in [1.54, 1.807) is 23.3 Å². The summed E-state index contributed by atoms with van der Waals surface area (Å²) >= 11 is 5.16. The number of nitrogens with zero attached hydrogens (tertiary/aromatic N) is 2. The molecule has 1 aliphatic rings. The third-order valence-corrected chi connectivity index (χ3v) is 5.33. The van der Waals surface area contributed by atoms with Crippen LogP contribution in [0.4, 0.5) is 4.79 Å². The summed E-state index contributed by atoms with van der Waals surface area (Å²) < 4.78 is 6.14. The second-order valence-corrected chi connectivity index (χ2v) is 7.17. The Bertz CT molecular complexity index is 541. The van der Waals surface area contributed by atoms with Gasteiger partial charge in [-0.3, -0.25) is 4.99 Å². The number of amides is 1. The minimum Gasteiger partial charge on any atom is -0.450 e. The van der Waals surface area contributed by atoms with E-state index < -0.39 is 0 Å². The second-order valence-electron chi connectivity index (χ2n) is 5.26. The minimum absolute atomic E-state index is 0.211. The van der Waals surface area contributed by atoms with Crippen molar-refractivity contribution in [2.24, 2.45) is 4.99 Å². The van der Waals surface area contributed by atoms with Gasteiger partial charge in [0.25, 0.3) is 0 Å². The van der Waals surface area contributed by atoms with Gasteiger partial charge in [-0.15, -0.1) is 11.3 Å². The van der Waals surface area contributed by atoms with Crippen LogP contribution in [0, 0.1) is 0 Å². The summed E-state index contributed by atoms with van der Waals surface area (Å²) in [4.78, 5) is 19.0. The normalized spacial score (nSPS) is 16.3. The fourth-order valence-corrected chi connectivity index (χ4v) is 3.82. The van der Waals surface area contributed by atoms with Gasteiger partial charge in [0.05, 0.1) is 13.2 Å². The average molecular weight is 403 g/mol. The van der Waals surface area contributed by atoms with E-state index in [0.29, 0.717) is 25.7 Å². The minimum atomic E-state index is -0.211. The quantitative estimate of drug-likeness (QED) is 0.600. The molecule has 1 aliphatic heterocycles. The third-order valence-electron chi connectivity index (χ3n) is 3.64. The number of carbonyl (C=O) groups is 1. The molecule has 2 heterocycles. The maximum absolute atomic E-state index is 11.7. The number of carbonyl (C=O) groups excluding carboxylic acids is 1. The third kappa shape index (κ3) is 5.69. The zero-order chi connectivity index (χ0) is 16.7. The molecule has 1 amide bonds. The van der Waals surface area contributed by atoms with Gasteiger partial charge in [0.15, 0.2) is 5.96 Å². The van der Waals surface area contributed by atoms with Crippen LogP contribution >= 0.6 is 27.3 Å². The fraction of sp³-hybridized carbons (Fsp3) is 0.600. The van der Waals surface area contributed by atoms with Gasteiger partial charge in [-0.2, -0.15) is 0 Å². The lowest BCUT2D eigenvalue weighted by Gasteiger charge is -2.32. The largest absolute Gasteiger partial charge is 0.450 e. The fourth-order valence-electron chi connectivity index (χ4n) is 2.43. The van der Waals surface area contributed by atoms with Crippen molar-refractivity contribution >= 4 is 39.3 Å². The lowest BCUT2D eigenvalue weighted by atomic mass is 10.1. The number of guanidine groups is 1. The van der Waals surface area contributed by atoms with E-state index in [-0.39, 0.29) is 6.09 Å². The van der Waals surface area contributed by atoms with E-state index in [4.69, 9.17) is 4.74 Å². The van der Waals surface area contributed by atoms with Crippen molar-refractivity contribution in [3.05, 3.63) is 20.8 Å². The van der Waals surface area contributed by atoms with E-state index >= 15 is 0 Å². The van der Waals surface area contributed by atoms with Crippen molar-refractivity contribution in [3.63, 3.8) is 0 Å². The molecule has 2 rings (SSSR count). The number of aliphatic imine (C=N–C) groups is 1. The Hall–Kier alpha value is -1.28. The first-order valence-corrected chi connectivity index (χ1v) is 9.41. The molecule has 1 fully saturated rings. The monoisotopic (exact) mass is 402 g/mol. The maximum atomic E-state index is 11.7. The Morgan fingerprint density at radius 1 is 1.52 bits per heavy atom. The van der Waals surface area contributed by atoms with Gasteiger partial charge >= 0.3 is 6.09 Å². The van der Waals surface area contributed by atoms with E-state index in [0.717, 1.165) is 29.8 Å². The van der Waals surface area contributed by atoms with E-state index in [1.165, 1.54) is 4.88 Å². The Morgan fingerprint density at radius 3 is 2.83 bits per heavy atom. The summed E-state index contributed by atoms with van der Waals surface area (Å²) in [5.74, 6) is 0.795. The number of piperidine rings is 1. The molecule has 0 saturated carbocycles. The lowest BCUT2D eigenvalue weighted by molar-refractivity contribution is 0.0963. The van der Waals surface area contributed by atoms with E-state index in [9.17, 15) is 4.79 Å². The number of thiophene rings is 1. The van der Waals surface area contributed by atoms with Gasteiger partial charge in [0.2, 0.25) is 0 Å². The summed E-state index contributed by atoms with van der Waals surface area (Å²) in [6.07, 6.45) is 1.57. The van der Waals surface area contributed by atoms with E-state index in [2.05, 4.69) is 43.0 Å². The molecule has 0 aromatic carbocycles. The zero-order valence-electron chi connectivity index (χ0n) is 13.5. The first-order valence-electron chi connectivity index (χ1n) is 7.74. The molecular formula is C15H23BrN4O2S. The van der Waals surface area contributed by atoms with Crippen LogP contribution in [-0.2, 0) is 11.3 Å². The summed E-state index contributed by atoms with van der Waals surface area (Å²) in [5.41, 5.74) is 0. The number of nitrogens with one attached hydrogen (secondary N) is 2. The second kappa shape index (κ2) is 9.12. The molecule has 1 aromatic rings. The molecule has 0 aliphatic carbocycles. The summed E-state index contributed by atoms with van der Waals surface area (Å²) in [5, 5.41) is 8.82. The number of hydrogen-bond acceptors (Lipinski definition) is 4. The van der Waals surface area contributed by atoms with Crippen LogP contribution in [0.5, 0.6) is 0 Å². The highest BCUT2D eigenvalue weighted by Crippen LogP contribution is 2.19. The van der Waals surface area contributed by atoms with Crippen LogP contribution in [0.2, 0.25) is 0 Å². The van der Waals surface area contributed by atoms with Crippen molar-refractivity contribution in [2.45, 2.75) is 32.4 Å². The molecule has 23 heavy (non-hydrogen) atoms. The Balaban J connectivity index is 1.74. The summed E-state index contributed by atoms with van der Waals surface area (Å²) in [6, 6.07) is 2.42. The van der Waals surface area contributed by atoms with Gasteiger partial charge in [-0.05, 0) is 41.8 Å². The van der Waals surface area contributed by atoms with Crippen LogP contribution < -0.4 is 10.6 Å². The van der Waals surface area contributed by atoms with Crippen LogP contribution in [0.25, 0.3) is 0 Å². The molecule has 0 atom stereocenters. The number of halogens is 1. The molecule has 0 spiro atoms. The Labute approximate surface area is 149 Å². The molecule has 0 bridgehead atoms. The highest BCUT2D eigenvalue weighted by atomic mass is 79.9.